The number of carbonyl (C=O) groups excluding carboxylic acids is 1. The lowest BCUT2D eigenvalue weighted by molar-refractivity contribution is -0.132. The molecule has 170 valence electrons. The lowest BCUT2D eigenvalue weighted by atomic mass is 9.79. The Labute approximate surface area is 191 Å². The van der Waals surface area contributed by atoms with Crippen molar-refractivity contribution in [2.45, 2.75) is 84.0 Å². The molecule has 3 heterocycles. The Morgan fingerprint density at radius 3 is 2.41 bits per heavy atom. The molecule has 6 nitrogen and oxygen atoms in total. The second kappa shape index (κ2) is 7.46. The van der Waals surface area contributed by atoms with E-state index in [4.69, 9.17) is 14.3 Å². The van der Waals surface area contributed by atoms with Crippen molar-refractivity contribution < 1.29 is 14.1 Å². The first kappa shape index (κ1) is 21.7. The number of carbonyl (C=O) groups is 1. The van der Waals surface area contributed by atoms with Crippen LogP contribution in [-0.2, 0) is 14.1 Å². The molecular formula is C25H34BN3O3. The fourth-order valence-corrected chi connectivity index (χ4v) is 4.91. The van der Waals surface area contributed by atoms with Gasteiger partial charge in [-0.3, -0.25) is 4.79 Å². The fourth-order valence-electron chi connectivity index (χ4n) is 4.91. The van der Waals surface area contributed by atoms with Crippen LogP contribution in [0.25, 0.3) is 11.3 Å². The number of aromatic nitrogens is 2. The van der Waals surface area contributed by atoms with Crippen LogP contribution in [0.4, 0.5) is 0 Å². The van der Waals surface area contributed by atoms with Gasteiger partial charge in [0.1, 0.15) is 5.82 Å². The summed E-state index contributed by atoms with van der Waals surface area (Å²) in [7, 11) is -0.363. The molecule has 0 unspecified atom stereocenters. The average Bonchev–Trinajstić information content (AvgIpc) is 3.08. The first-order valence-corrected chi connectivity index (χ1v) is 11.9. The maximum absolute atomic E-state index is 12.7. The van der Waals surface area contributed by atoms with Crippen LogP contribution in [-0.4, -0.2) is 45.6 Å². The van der Waals surface area contributed by atoms with Crippen molar-refractivity contribution in [3.63, 3.8) is 0 Å². The Hall–Kier alpha value is -2.12. The second-order valence-electron chi connectivity index (χ2n) is 10.9. The van der Waals surface area contributed by atoms with Crippen LogP contribution < -0.4 is 5.46 Å². The SMILES string of the molecule is CCCC(=O)N1CC2(CC2)C[C@H]1c1ncc(-c2ccc(B3OC(C)(C)C(C)(C)O3)cc2)[nH]1. The standard InChI is InChI=1S/C25H34BN3O3/c1-6-7-21(30)29-16-25(12-13-25)14-20(29)22-27-15-19(28-22)17-8-10-18(11-9-17)26-31-23(2,3)24(4,5)32-26/h8-11,15,20H,6-7,12-14,16H2,1-5H3,(H,27,28)/t20-/m0/s1. The van der Waals surface area contributed by atoms with Gasteiger partial charge in [-0.25, -0.2) is 4.98 Å². The van der Waals surface area contributed by atoms with Gasteiger partial charge in [-0.1, -0.05) is 31.2 Å². The number of imidazole rings is 1. The molecule has 1 amide bonds. The first-order chi connectivity index (χ1) is 15.1. The van der Waals surface area contributed by atoms with Crippen LogP contribution in [0.15, 0.2) is 30.5 Å². The topological polar surface area (TPSA) is 67.5 Å². The Bertz CT molecular complexity index is 994. The van der Waals surface area contributed by atoms with Crippen LogP contribution >= 0.6 is 0 Å². The fraction of sp³-hybridized carbons (Fsp3) is 0.600. The van der Waals surface area contributed by atoms with Crippen LogP contribution in [0.3, 0.4) is 0 Å². The number of hydrogen-bond donors (Lipinski definition) is 1. The molecule has 1 spiro atoms. The summed E-state index contributed by atoms with van der Waals surface area (Å²) in [5.41, 5.74) is 2.68. The summed E-state index contributed by atoms with van der Waals surface area (Å²) in [6, 6.07) is 8.34. The summed E-state index contributed by atoms with van der Waals surface area (Å²) in [5.74, 6) is 1.16. The van der Waals surface area contributed by atoms with Gasteiger partial charge in [0.25, 0.3) is 0 Å². The van der Waals surface area contributed by atoms with Crippen molar-refractivity contribution in [3.05, 3.63) is 36.3 Å². The maximum atomic E-state index is 12.7. The van der Waals surface area contributed by atoms with Gasteiger partial charge in [0, 0.05) is 13.0 Å². The number of benzene rings is 1. The Morgan fingerprint density at radius 1 is 1.16 bits per heavy atom. The van der Waals surface area contributed by atoms with Gasteiger partial charge in [0.15, 0.2) is 0 Å². The van der Waals surface area contributed by atoms with E-state index in [1.165, 1.54) is 12.8 Å². The molecule has 32 heavy (non-hydrogen) atoms. The summed E-state index contributed by atoms with van der Waals surface area (Å²) in [5, 5.41) is 0. The third-order valence-corrected chi connectivity index (χ3v) is 7.91. The molecule has 1 aromatic heterocycles. The van der Waals surface area contributed by atoms with Crippen LogP contribution in [0, 0.1) is 5.41 Å². The van der Waals surface area contributed by atoms with E-state index in [1.54, 1.807) is 0 Å². The molecular weight excluding hydrogens is 401 g/mol. The first-order valence-electron chi connectivity index (χ1n) is 11.9. The number of H-pyrrole nitrogens is 1. The predicted molar refractivity (Wildman–Crippen MR) is 125 cm³/mol. The van der Waals surface area contributed by atoms with Gasteiger partial charge in [0.05, 0.1) is 29.1 Å². The quantitative estimate of drug-likeness (QED) is 0.714. The van der Waals surface area contributed by atoms with Crippen molar-refractivity contribution in [2.24, 2.45) is 5.41 Å². The summed E-state index contributed by atoms with van der Waals surface area (Å²) < 4.78 is 12.3. The average molecular weight is 435 g/mol. The summed E-state index contributed by atoms with van der Waals surface area (Å²) in [6.45, 7) is 11.2. The molecule has 1 atom stereocenters. The molecule has 1 N–H and O–H groups in total. The largest absolute Gasteiger partial charge is 0.494 e. The number of hydrogen-bond acceptors (Lipinski definition) is 4. The normalized spacial score (nSPS) is 25.0. The summed E-state index contributed by atoms with van der Waals surface area (Å²) in [6.07, 6.45) is 6.87. The zero-order chi connectivity index (χ0) is 22.7. The monoisotopic (exact) mass is 435 g/mol. The van der Waals surface area contributed by atoms with Gasteiger partial charge in [0.2, 0.25) is 5.91 Å². The van der Waals surface area contributed by atoms with Gasteiger partial charge < -0.3 is 19.2 Å². The van der Waals surface area contributed by atoms with E-state index in [2.05, 4.69) is 68.8 Å². The Morgan fingerprint density at radius 2 is 1.81 bits per heavy atom. The predicted octanol–water partition coefficient (Wildman–Crippen LogP) is 4.23. The number of likely N-dealkylation sites (tertiary alicyclic amines) is 1. The van der Waals surface area contributed by atoms with E-state index in [9.17, 15) is 4.79 Å². The lowest BCUT2D eigenvalue weighted by Gasteiger charge is -2.32. The van der Waals surface area contributed by atoms with Crippen LogP contribution in [0.2, 0.25) is 0 Å². The molecule has 2 aliphatic heterocycles. The molecule has 2 aromatic rings. The van der Waals surface area contributed by atoms with Crippen molar-refractivity contribution in [2.75, 3.05) is 6.54 Å². The minimum absolute atomic E-state index is 0.0642. The molecule has 0 bridgehead atoms. The zero-order valence-corrected chi connectivity index (χ0v) is 19.9. The summed E-state index contributed by atoms with van der Waals surface area (Å²) >= 11 is 0. The second-order valence-corrected chi connectivity index (χ2v) is 10.9. The Kier molecular flexibility index (Phi) is 5.06. The maximum Gasteiger partial charge on any atom is 0.494 e. The van der Waals surface area contributed by atoms with Crippen LogP contribution in [0.5, 0.6) is 0 Å². The zero-order valence-electron chi connectivity index (χ0n) is 19.9. The summed E-state index contributed by atoms with van der Waals surface area (Å²) in [4.78, 5) is 23.0. The number of aromatic amines is 1. The number of rotatable bonds is 5. The van der Waals surface area contributed by atoms with Gasteiger partial charge in [-0.2, -0.15) is 0 Å². The van der Waals surface area contributed by atoms with Crippen molar-refractivity contribution in [1.29, 1.82) is 0 Å². The minimum atomic E-state index is -0.363. The smallest absolute Gasteiger partial charge is 0.399 e. The van der Waals surface area contributed by atoms with E-state index < -0.39 is 0 Å². The molecule has 2 saturated heterocycles. The lowest BCUT2D eigenvalue weighted by Crippen LogP contribution is -2.41. The molecule has 1 saturated carbocycles. The molecule has 3 aliphatic rings. The highest BCUT2D eigenvalue weighted by Crippen LogP contribution is 2.58. The minimum Gasteiger partial charge on any atom is -0.399 e. The molecule has 1 aromatic carbocycles. The highest BCUT2D eigenvalue weighted by atomic mass is 16.7. The van der Waals surface area contributed by atoms with E-state index in [-0.39, 0.29) is 30.3 Å². The van der Waals surface area contributed by atoms with Crippen molar-refractivity contribution >= 4 is 18.5 Å². The number of nitrogens with one attached hydrogen (secondary N) is 1. The van der Waals surface area contributed by atoms with Gasteiger partial charge >= 0.3 is 7.12 Å². The van der Waals surface area contributed by atoms with Crippen molar-refractivity contribution in [1.82, 2.24) is 14.9 Å². The molecule has 5 rings (SSSR count). The molecule has 3 fully saturated rings. The highest BCUT2D eigenvalue weighted by Gasteiger charge is 2.54. The van der Waals surface area contributed by atoms with Gasteiger partial charge in [-0.05, 0) is 69.8 Å². The van der Waals surface area contributed by atoms with Crippen LogP contribution in [0.1, 0.15) is 78.6 Å². The third kappa shape index (κ3) is 3.69. The molecule has 1 aliphatic carbocycles. The number of nitrogens with zero attached hydrogens (tertiary/aromatic N) is 2. The number of amides is 1. The van der Waals surface area contributed by atoms with Gasteiger partial charge in [-0.15, -0.1) is 0 Å². The molecule has 7 heteroatoms. The van der Waals surface area contributed by atoms with E-state index in [1.807, 2.05) is 6.20 Å². The Balaban J connectivity index is 1.33. The highest BCUT2D eigenvalue weighted by molar-refractivity contribution is 6.62. The van der Waals surface area contributed by atoms with E-state index in [0.717, 1.165) is 41.9 Å². The van der Waals surface area contributed by atoms with Crippen molar-refractivity contribution in [3.8, 4) is 11.3 Å². The third-order valence-electron chi connectivity index (χ3n) is 7.91. The molecule has 0 radical (unpaired) electrons. The van der Waals surface area contributed by atoms with E-state index in [0.29, 0.717) is 11.8 Å². The van der Waals surface area contributed by atoms with E-state index >= 15 is 0 Å².